The number of hydrogen-bond acceptors (Lipinski definition) is 5. The van der Waals surface area contributed by atoms with Crippen molar-refractivity contribution in [2.45, 2.75) is 6.10 Å². The lowest BCUT2D eigenvalue weighted by molar-refractivity contribution is 0.145. The van der Waals surface area contributed by atoms with E-state index in [9.17, 15) is 4.79 Å². The zero-order chi connectivity index (χ0) is 18.8. The fraction of sp³-hybridized carbons (Fsp3) is 0.350. The van der Waals surface area contributed by atoms with Crippen LogP contribution in [0.15, 0.2) is 48.5 Å². The third-order valence-corrected chi connectivity index (χ3v) is 5.39. The fourth-order valence-electron chi connectivity index (χ4n) is 3.57. The molecular formula is C20H23ClN4O2. The van der Waals surface area contributed by atoms with Crippen molar-refractivity contribution in [2.24, 2.45) is 5.73 Å². The molecule has 2 fully saturated rings. The Hall–Kier alpha value is -2.44. The van der Waals surface area contributed by atoms with Crippen LogP contribution in [0.2, 0.25) is 5.02 Å². The SMILES string of the molecule is NC[C@H]1CN(c2ccc(N3CCN(c4ccc(Cl)cc4)CC3)cc2)C(=O)O1. The van der Waals surface area contributed by atoms with Crippen molar-refractivity contribution >= 4 is 34.8 Å². The van der Waals surface area contributed by atoms with E-state index in [2.05, 4.69) is 34.1 Å². The van der Waals surface area contributed by atoms with Crippen molar-refractivity contribution in [3.8, 4) is 0 Å². The van der Waals surface area contributed by atoms with Gasteiger partial charge in [-0.25, -0.2) is 4.79 Å². The van der Waals surface area contributed by atoms with Crippen molar-refractivity contribution in [3.05, 3.63) is 53.6 Å². The lowest BCUT2D eigenvalue weighted by atomic mass is 10.2. The molecule has 6 nitrogen and oxygen atoms in total. The van der Waals surface area contributed by atoms with Gasteiger partial charge in [0.2, 0.25) is 0 Å². The summed E-state index contributed by atoms with van der Waals surface area (Å²) in [6, 6.07) is 16.1. The van der Waals surface area contributed by atoms with Crippen molar-refractivity contribution < 1.29 is 9.53 Å². The fourth-order valence-corrected chi connectivity index (χ4v) is 3.70. The quantitative estimate of drug-likeness (QED) is 0.875. The monoisotopic (exact) mass is 386 g/mol. The maximum absolute atomic E-state index is 11.9. The predicted octanol–water partition coefficient (Wildman–Crippen LogP) is 2.95. The number of carbonyl (C=O) groups is 1. The van der Waals surface area contributed by atoms with E-state index in [0.29, 0.717) is 13.1 Å². The molecule has 2 aliphatic rings. The molecule has 0 aliphatic carbocycles. The number of benzene rings is 2. The van der Waals surface area contributed by atoms with Crippen LogP contribution in [0.5, 0.6) is 0 Å². The predicted molar refractivity (Wildman–Crippen MR) is 109 cm³/mol. The second-order valence-electron chi connectivity index (χ2n) is 6.82. The van der Waals surface area contributed by atoms with Crippen molar-refractivity contribution in [1.82, 2.24) is 0 Å². The van der Waals surface area contributed by atoms with E-state index in [1.807, 2.05) is 24.3 Å². The molecule has 2 aromatic rings. The van der Waals surface area contributed by atoms with Crippen molar-refractivity contribution in [2.75, 3.05) is 54.0 Å². The molecule has 1 atom stereocenters. The Labute approximate surface area is 164 Å². The van der Waals surface area contributed by atoms with Gasteiger partial charge in [0, 0.05) is 54.8 Å². The van der Waals surface area contributed by atoms with E-state index in [1.165, 1.54) is 5.69 Å². The molecule has 0 radical (unpaired) electrons. The van der Waals surface area contributed by atoms with Gasteiger partial charge in [0.1, 0.15) is 6.10 Å². The van der Waals surface area contributed by atoms with E-state index in [-0.39, 0.29) is 12.2 Å². The van der Waals surface area contributed by atoms with Crippen LogP contribution < -0.4 is 20.4 Å². The average molecular weight is 387 g/mol. The first-order valence-corrected chi connectivity index (χ1v) is 9.55. The smallest absolute Gasteiger partial charge is 0.414 e. The molecule has 1 amide bonds. The zero-order valence-corrected chi connectivity index (χ0v) is 15.8. The van der Waals surface area contributed by atoms with Crippen molar-refractivity contribution in [3.63, 3.8) is 0 Å². The molecule has 2 saturated heterocycles. The zero-order valence-electron chi connectivity index (χ0n) is 15.1. The molecule has 4 rings (SSSR count). The Kier molecular flexibility index (Phi) is 5.09. The average Bonchev–Trinajstić information content (AvgIpc) is 3.10. The van der Waals surface area contributed by atoms with Gasteiger partial charge in [-0.1, -0.05) is 11.6 Å². The molecule has 142 valence electrons. The lowest BCUT2D eigenvalue weighted by Gasteiger charge is -2.37. The molecule has 2 heterocycles. The highest BCUT2D eigenvalue weighted by Crippen LogP contribution is 2.26. The standard InChI is InChI=1S/C20H23ClN4O2/c21-15-1-3-16(4-2-15)23-9-11-24(12-10-23)17-5-7-18(8-6-17)25-14-19(13-22)27-20(25)26/h1-8,19H,9-14,22H2/t19-/m0/s1. The minimum absolute atomic E-state index is 0.224. The van der Waals surface area contributed by atoms with Crippen LogP contribution in [0.4, 0.5) is 21.9 Å². The summed E-state index contributed by atoms with van der Waals surface area (Å²) in [4.78, 5) is 18.3. The van der Waals surface area contributed by atoms with Crippen LogP contribution in [0, 0.1) is 0 Å². The first kappa shape index (κ1) is 17.9. The van der Waals surface area contributed by atoms with Crippen LogP contribution in [0.25, 0.3) is 0 Å². The number of amides is 1. The van der Waals surface area contributed by atoms with Gasteiger partial charge in [-0.2, -0.15) is 0 Å². The maximum Gasteiger partial charge on any atom is 0.414 e. The summed E-state index contributed by atoms with van der Waals surface area (Å²) in [6.45, 7) is 4.67. The number of piperazine rings is 1. The summed E-state index contributed by atoms with van der Waals surface area (Å²) in [5, 5.41) is 0.761. The Bertz CT molecular complexity index is 789. The molecule has 0 unspecified atom stereocenters. The third kappa shape index (κ3) is 3.82. The van der Waals surface area contributed by atoms with Crippen LogP contribution in [-0.4, -0.2) is 51.5 Å². The van der Waals surface area contributed by atoms with Gasteiger partial charge in [0.25, 0.3) is 0 Å². The Morgan fingerprint density at radius 3 is 1.85 bits per heavy atom. The first-order chi connectivity index (χ1) is 13.1. The Balaban J connectivity index is 1.37. The summed E-state index contributed by atoms with van der Waals surface area (Å²) >= 11 is 5.97. The first-order valence-electron chi connectivity index (χ1n) is 9.18. The molecule has 2 N–H and O–H groups in total. The second kappa shape index (κ2) is 7.66. The Morgan fingerprint density at radius 2 is 1.37 bits per heavy atom. The molecule has 0 aromatic heterocycles. The number of cyclic esters (lactones) is 1. The summed E-state index contributed by atoms with van der Waals surface area (Å²) in [5.74, 6) is 0. The van der Waals surface area contributed by atoms with Crippen molar-refractivity contribution in [1.29, 1.82) is 0 Å². The normalized spacial score (nSPS) is 20.1. The van der Waals surface area contributed by atoms with Gasteiger partial charge in [-0.3, -0.25) is 4.90 Å². The number of carbonyl (C=O) groups excluding carboxylic acids is 1. The molecule has 0 spiro atoms. The molecule has 2 aliphatic heterocycles. The Morgan fingerprint density at radius 1 is 0.889 bits per heavy atom. The highest BCUT2D eigenvalue weighted by atomic mass is 35.5. The number of anilines is 3. The number of rotatable bonds is 4. The number of hydrogen-bond donors (Lipinski definition) is 1. The van der Waals surface area contributed by atoms with E-state index in [1.54, 1.807) is 4.90 Å². The number of nitrogens with zero attached hydrogens (tertiary/aromatic N) is 3. The van der Waals surface area contributed by atoms with Crippen LogP contribution in [0.3, 0.4) is 0 Å². The second-order valence-corrected chi connectivity index (χ2v) is 7.26. The summed E-state index contributed by atoms with van der Waals surface area (Å²) in [6.07, 6.45) is -0.548. The largest absolute Gasteiger partial charge is 0.443 e. The van der Waals surface area contributed by atoms with Gasteiger partial charge in [-0.05, 0) is 48.5 Å². The van der Waals surface area contributed by atoms with Crippen LogP contribution >= 0.6 is 11.6 Å². The molecule has 7 heteroatoms. The van der Waals surface area contributed by atoms with E-state index >= 15 is 0 Å². The van der Waals surface area contributed by atoms with Crippen LogP contribution in [0.1, 0.15) is 0 Å². The number of nitrogens with two attached hydrogens (primary N) is 1. The maximum atomic E-state index is 11.9. The topological polar surface area (TPSA) is 62.0 Å². The highest BCUT2D eigenvalue weighted by molar-refractivity contribution is 6.30. The minimum atomic E-state index is -0.324. The number of ether oxygens (including phenoxy) is 1. The summed E-state index contributed by atoms with van der Waals surface area (Å²) in [5.41, 5.74) is 8.81. The highest BCUT2D eigenvalue weighted by Gasteiger charge is 2.31. The van der Waals surface area contributed by atoms with Crippen LogP contribution in [-0.2, 0) is 4.74 Å². The third-order valence-electron chi connectivity index (χ3n) is 5.13. The van der Waals surface area contributed by atoms with Gasteiger partial charge in [-0.15, -0.1) is 0 Å². The molecule has 0 bridgehead atoms. The van der Waals surface area contributed by atoms with Gasteiger partial charge >= 0.3 is 6.09 Å². The lowest BCUT2D eigenvalue weighted by Crippen LogP contribution is -2.46. The summed E-state index contributed by atoms with van der Waals surface area (Å²) in [7, 11) is 0. The molecular weight excluding hydrogens is 364 g/mol. The van der Waals surface area contributed by atoms with Gasteiger partial charge in [0.15, 0.2) is 0 Å². The minimum Gasteiger partial charge on any atom is -0.443 e. The van der Waals surface area contributed by atoms with E-state index in [0.717, 1.165) is 42.6 Å². The molecule has 2 aromatic carbocycles. The number of halogens is 1. The van der Waals surface area contributed by atoms with Gasteiger partial charge in [0.05, 0.1) is 6.54 Å². The summed E-state index contributed by atoms with van der Waals surface area (Å²) < 4.78 is 5.22. The molecule has 0 saturated carbocycles. The molecule has 27 heavy (non-hydrogen) atoms. The van der Waals surface area contributed by atoms with Gasteiger partial charge < -0.3 is 20.3 Å². The van der Waals surface area contributed by atoms with E-state index < -0.39 is 0 Å². The van der Waals surface area contributed by atoms with E-state index in [4.69, 9.17) is 22.1 Å².